The molecule has 5 rings (SSSR count). The van der Waals surface area contributed by atoms with Gasteiger partial charge in [-0.25, -0.2) is 4.98 Å². The summed E-state index contributed by atoms with van der Waals surface area (Å²) in [6, 6.07) is 25.9. The molecule has 0 amide bonds. The molecule has 0 atom stereocenters. The van der Waals surface area contributed by atoms with E-state index in [4.69, 9.17) is 14.8 Å². The Labute approximate surface area is 166 Å². The highest BCUT2D eigenvalue weighted by Crippen LogP contribution is 2.32. The van der Waals surface area contributed by atoms with Gasteiger partial charge in [-0.3, -0.25) is 5.43 Å². The zero-order valence-corrected chi connectivity index (χ0v) is 15.9. The number of nitrogens with one attached hydrogen (secondary N) is 1. The number of benzene rings is 3. The average Bonchev–Trinajstić information content (AvgIpc) is 3.39. The minimum absolute atomic E-state index is 0.760. The fraction of sp³-hybridized carbons (Fsp3) is 0.0476. The Kier molecular flexibility index (Phi) is 4.06. The molecule has 6 nitrogen and oxygen atoms in total. The molecule has 138 valence electrons. The Hall–Kier alpha value is -3.58. The van der Waals surface area contributed by atoms with Gasteiger partial charge >= 0.3 is 0 Å². The molecule has 4 aromatic rings. The second-order valence-corrected chi connectivity index (χ2v) is 7.20. The van der Waals surface area contributed by atoms with Crippen LogP contribution < -0.4 is 20.4 Å². The summed E-state index contributed by atoms with van der Waals surface area (Å²) >= 11 is 1.61. The van der Waals surface area contributed by atoms with E-state index in [-0.39, 0.29) is 0 Å². The number of fused-ring (bicyclic) bond motifs is 1. The van der Waals surface area contributed by atoms with Crippen molar-refractivity contribution in [1.82, 2.24) is 10.4 Å². The highest BCUT2D eigenvalue weighted by Gasteiger charge is 2.28. The predicted molar refractivity (Wildman–Crippen MR) is 114 cm³/mol. The molecule has 0 spiro atoms. The van der Waals surface area contributed by atoms with E-state index in [2.05, 4.69) is 11.5 Å². The predicted octanol–water partition coefficient (Wildman–Crippen LogP) is 4.41. The van der Waals surface area contributed by atoms with Crippen LogP contribution in [-0.4, -0.2) is 17.9 Å². The van der Waals surface area contributed by atoms with E-state index in [0.29, 0.717) is 0 Å². The number of rotatable bonds is 4. The van der Waals surface area contributed by atoms with Crippen molar-refractivity contribution in [1.29, 1.82) is 0 Å². The maximum Gasteiger partial charge on any atom is 0.228 e. The third-order valence-corrected chi connectivity index (χ3v) is 5.42. The van der Waals surface area contributed by atoms with Crippen molar-refractivity contribution in [2.45, 2.75) is 0 Å². The topological polar surface area (TPSA) is 53.0 Å². The lowest BCUT2D eigenvalue weighted by Gasteiger charge is -2.25. The van der Waals surface area contributed by atoms with Gasteiger partial charge in [0.1, 0.15) is 5.75 Å². The minimum Gasteiger partial charge on any atom is -0.497 e. The first kappa shape index (κ1) is 16.6. The van der Waals surface area contributed by atoms with Gasteiger partial charge in [-0.2, -0.15) is 0 Å². The SMILES string of the molecule is COc1ccc(N2N=C(c3ccccc3)NN2c2nc3ccccc3s2)cc1. The van der Waals surface area contributed by atoms with Crippen LogP contribution in [0.5, 0.6) is 5.75 Å². The van der Waals surface area contributed by atoms with Crippen molar-refractivity contribution >= 4 is 38.2 Å². The summed E-state index contributed by atoms with van der Waals surface area (Å²) in [4.78, 5) is 4.77. The van der Waals surface area contributed by atoms with Crippen molar-refractivity contribution in [2.75, 3.05) is 17.3 Å². The molecular weight excluding hydrogens is 370 g/mol. The number of para-hydroxylation sites is 1. The molecular formula is C21H17N5OS. The molecule has 7 heteroatoms. The lowest BCUT2D eigenvalue weighted by molar-refractivity contribution is 0.415. The van der Waals surface area contributed by atoms with E-state index in [1.165, 1.54) is 0 Å². The highest BCUT2D eigenvalue weighted by molar-refractivity contribution is 7.22. The fourth-order valence-electron chi connectivity index (χ4n) is 3.00. The highest BCUT2D eigenvalue weighted by atomic mass is 32.1. The molecule has 28 heavy (non-hydrogen) atoms. The lowest BCUT2D eigenvalue weighted by atomic mass is 10.2. The summed E-state index contributed by atoms with van der Waals surface area (Å²) in [5.41, 5.74) is 6.26. The third-order valence-electron chi connectivity index (χ3n) is 4.41. The van der Waals surface area contributed by atoms with Gasteiger partial charge in [0.2, 0.25) is 5.13 Å². The maximum absolute atomic E-state index is 5.28. The molecule has 0 bridgehead atoms. The van der Waals surface area contributed by atoms with Crippen molar-refractivity contribution in [3.8, 4) is 5.75 Å². The Morgan fingerprint density at radius 1 is 0.893 bits per heavy atom. The van der Waals surface area contributed by atoms with Crippen LogP contribution in [-0.2, 0) is 0 Å². The number of thiazole rings is 1. The summed E-state index contributed by atoms with van der Waals surface area (Å²) in [5.74, 6) is 1.56. The van der Waals surface area contributed by atoms with Gasteiger partial charge in [0.25, 0.3) is 0 Å². The Balaban J connectivity index is 1.57. The number of nitrogens with zero attached hydrogens (tertiary/aromatic N) is 4. The summed E-state index contributed by atoms with van der Waals surface area (Å²) in [5, 5.41) is 9.30. The van der Waals surface area contributed by atoms with Crippen molar-refractivity contribution in [2.24, 2.45) is 5.10 Å². The van der Waals surface area contributed by atoms with Crippen molar-refractivity contribution < 1.29 is 4.74 Å². The second-order valence-electron chi connectivity index (χ2n) is 6.19. The van der Waals surface area contributed by atoms with Crippen LogP contribution in [0.2, 0.25) is 0 Å². The monoisotopic (exact) mass is 387 g/mol. The van der Waals surface area contributed by atoms with Crippen LogP contribution in [0.1, 0.15) is 5.56 Å². The van der Waals surface area contributed by atoms with Crippen LogP contribution in [0, 0.1) is 0 Å². The number of ether oxygens (including phenoxy) is 1. The number of methoxy groups -OCH3 is 1. The van der Waals surface area contributed by atoms with Crippen LogP contribution >= 0.6 is 11.3 Å². The lowest BCUT2D eigenvalue weighted by Crippen LogP contribution is -2.44. The molecule has 2 heterocycles. The second kappa shape index (κ2) is 6.86. The summed E-state index contributed by atoms with van der Waals surface area (Å²) in [6.07, 6.45) is 0. The molecule has 1 aliphatic rings. The first-order valence-corrected chi connectivity index (χ1v) is 9.64. The Morgan fingerprint density at radius 2 is 1.64 bits per heavy atom. The number of aromatic nitrogens is 1. The maximum atomic E-state index is 5.28. The van der Waals surface area contributed by atoms with Gasteiger partial charge < -0.3 is 4.74 Å². The third kappa shape index (κ3) is 2.91. The van der Waals surface area contributed by atoms with Gasteiger partial charge in [0.15, 0.2) is 5.84 Å². The molecule has 0 fully saturated rings. The standard InChI is InChI=1S/C21H17N5OS/c1-27-17-13-11-16(12-14-17)25-23-20(15-7-3-2-4-8-15)24-26(25)21-22-18-9-5-6-10-19(18)28-21/h2-14H,1H3,(H,23,24). The van der Waals surface area contributed by atoms with Gasteiger partial charge in [0.05, 0.1) is 23.0 Å². The summed E-state index contributed by atoms with van der Waals surface area (Å²) in [6.45, 7) is 0. The zero-order valence-electron chi connectivity index (χ0n) is 15.1. The van der Waals surface area contributed by atoms with Crippen LogP contribution in [0.4, 0.5) is 10.8 Å². The normalized spacial score (nSPS) is 13.5. The van der Waals surface area contributed by atoms with E-state index in [9.17, 15) is 0 Å². The quantitative estimate of drug-likeness (QED) is 0.562. The van der Waals surface area contributed by atoms with Crippen LogP contribution in [0.15, 0.2) is 84.0 Å². The van der Waals surface area contributed by atoms with Gasteiger partial charge in [-0.05, 0) is 36.4 Å². The molecule has 1 aliphatic heterocycles. The van der Waals surface area contributed by atoms with Crippen LogP contribution in [0.3, 0.4) is 0 Å². The van der Waals surface area contributed by atoms with E-state index < -0.39 is 0 Å². The smallest absolute Gasteiger partial charge is 0.228 e. The number of hydrogen-bond donors (Lipinski definition) is 1. The average molecular weight is 387 g/mol. The molecule has 0 radical (unpaired) electrons. The number of hydrazine groups is 2. The van der Waals surface area contributed by atoms with E-state index >= 15 is 0 Å². The number of amidine groups is 1. The fourth-order valence-corrected chi connectivity index (χ4v) is 3.91. The molecule has 0 saturated carbocycles. The first-order valence-electron chi connectivity index (χ1n) is 8.82. The van der Waals surface area contributed by atoms with E-state index in [1.54, 1.807) is 18.4 Å². The van der Waals surface area contributed by atoms with Crippen LogP contribution in [0.25, 0.3) is 10.2 Å². The first-order chi connectivity index (χ1) is 13.8. The molecule has 0 saturated heterocycles. The van der Waals surface area contributed by atoms with Gasteiger partial charge in [0, 0.05) is 5.56 Å². The van der Waals surface area contributed by atoms with E-state index in [0.717, 1.165) is 38.2 Å². The van der Waals surface area contributed by atoms with Gasteiger partial charge in [-0.15, -0.1) is 15.3 Å². The molecule has 0 aliphatic carbocycles. The molecule has 0 unspecified atom stereocenters. The number of hydrazone groups is 1. The largest absolute Gasteiger partial charge is 0.497 e. The Morgan fingerprint density at radius 3 is 2.39 bits per heavy atom. The summed E-state index contributed by atoms with van der Waals surface area (Å²) < 4.78 is 6.41. The number of hydrogen-bond acceptors (Lipinski definition) is 7. The van der Waals surface area contributed by atoms with Crippen molar-refractivity contribution in [3.63, 3.8) is 0 Å². The van der Waals surface area contributed by atoms with Gasteiger partial charge in [-0.1, -0.05) is 53.8 Å². The number of anilines is 2. The van der Waals surface area contributed by atoms with E-state index in [1.807, 2.05) is 83.0 Å². The molecule has 1 aromatic heterocycles. The molecule has 3 aromatic carbocycles. The Bertz CT molecular complexity index is 1110. The minimum atomic E-state index is 0.760. The zero-order chi connectivity index (χ0) is 18.9. The molecule has 1 N–H and O–H groups in total. The van der Waals surface area contributed by atoms with Crippen molar-refractivity contribution in [3.05, 3.63) is 84.4 Å². The summed E-state index contributed by atoms with van der Waals surface area (Å²) in [7, 11) is 1.66.